The summed E-state index contributed by atoms with van der Waals surface area (Å²) in [6.07, 6.45) is 0. The van der Waals surface area contributed by atoms with Crippen LogP contribution >= 0.6 is 0 Å². The number of rotatable bonds is 6. The Labute approximate surface area is 200 Å². The zero-order valence-corrected chi connectivity index (χ0v) is 18.7. The number of nitriles is 1. The van der Waals surface area contributed by atoms with Gasteiger partial charge in [-0.25, -0.2) is 0 Å². The van der Waals surface area contributed by atoms with Crippen LogP contribution in [0.15, 0.2) is 127 Å². The average molecular weight is 439 g/mol. The number of benzene rings is 4. The maximum Gasteiger partial charge on any atom is 0.243 e. The molecule has 0 amide bonds. The van der Waals surface area contributed by atoms with Crippen LogP contribution < -0.4 is 10.1 Å². The van der Waals surface area contributed by atoms with Crippen LogP contribution in [0.2, 0.25) is 0 Å². The summed E-state index contributed by atoms with van der Waals surface area (Å²) in [7, 11) is 0. The predicted molar refractivity (Wildman–Crippen MR) is 137 cm³/mol. The molecule has 4 aromatic carbocycles. The summed E-state index contributed by atoms with van der Waals surface area (Å²) in [6, 6.07) is 45.7. The van der Waals surface area contributed by atoms with Gasteiger partial charge in [-0.15, -0.1) is 0 Å². The second-order valence-electron chi connectivity index (χ2n) is 8.05. The number of nitrogens with zero attached hydrogens (tertiary/aromatic N) is 2. The van der Waals surface area contributed by atoms with Gasteiger partial charge in [0.15, 0.2) is 0 Å². The normalized spacial score (nSPS) is 10.4. The van der Waals surface area contributed by atoms with Crippen LogP contribution in [0.5, 0.6) is 0 Å². The molecule has 1 aromatic heterocycles. The first-order chi connectivity index (χ1) is 16.8. The van der Waals surface area contributed by atoms with Crippen LogP contribution in [0.4, 0.5) is 0 Å². The van der Waals surface area contributed by atoms with E-state index in [0.29, 0.717) is 12.1 Å². The minimum Gasteiger partial charge on any atom is -0.192 e. The number of nitrogens with one attached hydrogen (secondary N) is 1. The highest BCUT2D eigenvalue weighted by Gasteiger charge is 2.23. The van der Waals surface area contributed by atoms with Gasteiger partial charge in [0.2, 0.25) is 11.4 Å². The number of hydrogen-bond acceptors (Lipinski definition) is 2. The van der Waals surface area contributed by atoms with Crippen LogP contribution in [0, 0.1) is 11.3 Å². The fourth-order valence-corrected chi connectivity index (χ4v) is 4.15. The van der Waals surface area contributed by atoms with Crippen LogP contribution in [0.3, 0.4) is 0 Å². The first kappa shape index (κ1) is 21.2. The van der Waals surface area contributed by atoms with E-state index in [4.69, 9.17) is 0 Å². The minimum absolute atomic E-state index is 0.527. The zero-order chi connectivity index (χ0) is 23.2. The molecule has 1 N–H and O–H groups in total. The Morgan fingerprint density at radius 3 is 1.56 bits per heavy atom. The summed E-state index contributed by atoms with van der Waals surface area (Å²) in [5, 5.41) is 9.56. The monoisotopic (exact) mass is 438 g/mol. The highest BCUT2D eigenvalue weighted by molar-refractivity contribution is 5.73. The fourth-order valence-electron chi connectivity index (χ4n) is 4.15. The number of aromatic nitrogens is 1. The van der Waals surface area contributed by atoms with E-state index in [2.05, 4.69) is 101 Å². The molecule has 0 saturated heterocycles. The van der Waals surface area contributed by atoms with Crippen molar-refractivity contribution in [2.75, 3.05) is 5.43 Å². The molecule has 0 aliphatic rings. The second kappa shape index (κ2) is 9.85. The molecular weight excluding hydrogens is 414 g/mol. The highest BCUT2D eigenvalue weighted by atomic mass is 15.4. The molecule has 0 fully saturated rings. The van der Waals surface area contributed by atoms with Crippen LogP contribution in [-0.4, -0.2) is 0 Å². The molecule has 3 heteroatoms. The molecule has 162 valence electrons. The van der Waals surface area contributed by atoms with Crippen LogP contribution in [0.25, 0.3) is 33.6 Å². The Morgan fingerprint density at radius 2 is 1.03 bits per heavy atom. The molecule has 5 aromatic rings. The van der Waals surface area contributed by atoms with Crippen molar-refractivity contribution in [1.29, 1.82) is 5.26 Å². The number of pyridine rings is 1. The first-order valence-corrected chi connectivity index (χ1v) is 11.3. The molecule has 0 aliphatic heterocycles. The second-order valence-corrected chi connectivity index (χ2v) is 8.05. The third-order valence-corrected chi connectivity index (χ3v) is 5.88. The lowest BCUT2D eigenvalue weighted by atomic mass is 9.99. The largest absolute Gasteiger partial charge is 0.243 e. The third kappa shape index (κ3) is 4.44. The molecule has 5 rings (SSSR count). The molecule has 1 heterocycles. The van der Waals surface area contributed by atoms with Crippen molar-refractivity contribution in [2.45, 2.75) is 6.54 Å². The van der Waals surface area contributed by atoms with Crippen molar-refractivity contribution in [2.24, 2.45) is 0 Å². The maximum absolute atomic E-state index is 9.56. The van der Waals surface area contributed by atoms with Gasteiger partial charge in [0, 0.05) is 23.3 Å². The van der Waals surface area contributed by atoms with Gasteiger partial charge < -0.3 is 0 Å². The molecule has 0 aliphatic carbocycles. The van der Waals surface area contributed by atoms with Crippen LogP contribution in [-0.2, 0) is 6.54 Å². The lowest BCUT2D eigenvalue weighted by Gasteiger charge is -2.13. The van der Waals surface area contributed by atoms with Gasteiger partial charge in [-0.3, -0.25) is 0 Å². The highest BCUT2D eigenvalue weighted by Crippen LogP contribution is 2.28. The van der Waals surface area contributed by atoms with Gasteiger partial charge in [0.1, 0.15) is 0 Å². The van der Waals surface area contributed by atoms with Crippen molar-refractivity contribution in [3.05, 3.63) is 139 Å². The van der Waals surface area contributed by atoms with Crippen molar-refractivity contribution in [1.82, 2.24) is 0 Å². The Hall–Kier alpha value is -4.68. The predicted octanol–water partition coefficient (Wildman–Crippen LogP) is 6.59. The van der Waals surface area contributed by atoms with Crippen molar-refractivity contribution >= 4 is 0 Å². The molecule has 0 radical (unpaired) electrons. The summed E-state index contributed by atoms with van der Waals surface area (Å²) >= 11 is 0. The Morgan fingerprint density at radius 1 is 0.559 bits per heavy atom. The molecule has 0 atom stereocenters. The third-order valence-electron chi connectivity index (χ3n) is 5.88. The first-order valence-electron chi connectivity index (χ1n) is 11.3. The lowest BCUT2D eigenvalue weighted by Crippen LogP contribution is -2.48. The van der Waals surface area contributed by atoms with E-state index in [0.717, 1.165) is 33.6 Å². The van der Waals surface area contributed by atoms with Gasteiger partial charge in [-0.1, -0.05) is 89.6 Å². The van der Waals surface area contributed by atoms with Crippen LogP contribution in [0.1, 0.15) is 11.1 Å². The van der Waals surface area contributed by atoms with E-state index >= 15 is 0 Å². The summed E-state index contributed by atoms with van der Waals surface area (Å²) in [5.74, 6) is 0. The standard InChI is InChI=1S/C31H24N3/c32-22-27-18-10-11-19-28(27)23-33-34-30(25-14-6-2-7-15-25)20-29(24-12-4-1-5-13-24)21-31(34)26-16-8-3-9-17-26/h1-21,33H,23H2/q+1. The smallest absolute Gasteiger partial charge is 0.192 e. The van der Waals surface area contributed by atoms with E-state index in [1.54, 1.807) is 0 Å². The Bertz CT molecular complexity index is 1380. The molecule has 0 unspecified atom stereocenters. The van der Waals surface area contributed by atoms with E-state index in [1.165, 1.54) is 5.56 Å². The van der Waals surface area contributed by atoms with Crippen molar-refractivity contribution < 1.29 is 4.68 Å². The van der Waals surface area contributed by atoms with E-state index in [1.807, 2.05) is 42.5 Å². The summed E-state index contributed by atoms with van der Waals surface area (Å²) < 4.78 is 2.14. The SMILES string of the molecule is N#Cc1ccccc1CN[n+]1c(-c2ccccc2)cc(-c2ccccc2)cc1-c1ccccc1. The Balaban J connectivity index is 1.71. The molecule has 0 saturated carbocycles. The number of hydrogen-bond donors (Lipinski definition) is 1. The minimum atomic E-state index is 0.527. The summed E-state index contributed by atoms with van der Waals surface area (Å²) in [4.78, 5) is 0. The Kier molecular flexibility index (Phi) is 6.14. The van der Waals surface area contributed by atoms with Gasteiger partial charge in [-0.2, -0.15) is 10.7 Å². The van der Waals surface area contributed by atoms with E-state index in [9.17, 15) is 5.26 Å². The van der Waals surface area contributed by atoms with Crippen molar-refractivity contribution in [3.8, 4) is 39.7 Å². The molecule has 34 heavy (non-hydrogen) atoms. The molecule has 0 spiro atoms. The summed E-state index contributed by atoms with van der Waals surface area (Å²) in [6.45, 7) is 0.527. The topological polar surface area (TPSA) is 39.7 Å². The fraction of sp³-hybridized carbons (Fsp3) is 0.0323. The van der Waals surface area contributed by atoms with Gasteiger partial charge in [0.25, 0.3) is 0 Å². The molecular formula is C31H24N3+. The summed E-state index contributed by atoms with van der Waals surface area (Å²) in [5.41, 5.74) is 11.9. The molecule has 0 bridgehead atoms. The van der Waals surface area contributed by atoms with E-state index < -0.39 is 0 Å². The average Bonchev–Trinajstić information content (AvgIpc) is 2.93. The zero-order valence-electron chi connectivity index (χ0n) is 18.7. The van der Waals surface area contributed by atoms with Gasteiger partial charge in [0.05, 0.1) is 18.2 Å². The van der Waals surface area contributed by atoms with Crippen molar-refractivity contribution in [3.63, 3.8) is 0 Å². The van der Waals surface area contributed by atoms with Gasteiger partial charge in [-0.05, 0) is 47.0 Å². The quantitative estimate of drug-likeness (QED) is 0.304. The van der Waals surface area contributed by atoms with Gasteiger partial charge >= 0.3 is 0 Å². The molecule has 3 nitrogen and oxygen atoms in total. The van der Waals surface area contributed by atoms with E-state index in [-0.39, 0.29) is 0 Å². The maximum atomic E-state index is 9.56. The lowest BCUT2D eigenvalue weighted by molar-refractivity contribution is -0.629.